The number of anilines is 1. The van der Waals surface area contributed by atoms with Gasteiger partial charge in [-0.15, -0.1) is 0 Å². The van der Waals surface area contributed by atoms with E-state index in [0.717, 1.165) is 60.8 Å². The number of piperazine rings is 1. The molecule has 0 saturated carbocycles. The molecule has 7 nitrogen and oxygen atoms in total. The Bertz CT molecular complexity index is 1120. The summed E-state index contributed by atoms with van der Waals surface area (Å²) in [5.74, 6) is -0.989. The van der Waals surface area contributed by atoms with Crippen molar-refractivity contribution in [3.63, 3.8) is 0 Å². The number of rotatable bonds is 5. The Labute approximate surface area is 195 Å². The molecule has 1 fully saturated rings. The summed E-state index contributed by atoms with van der Waals surface area (Å²) in [7, 11) is 3.43. The number of methoxy groups -OCH3 is 2. The van der Waals surface area contributed by atoms with E-state index in [4.69, 9.17) is 24.4 Å². The first-order valence-electron chi connectivity index (χ1n) is 10.6. The minimum Gasteiger partial charge on any atom is -0.495 e. The molecule has 10 heteroatoms. The van der Waals surface area contributed by atoms with E-state index in [1.165, 1.54) is 5.69 Å². The Balaban J connectivity index is 0.000000406. The lowest BCUT2D eigenvalue weighted by Crippen LogP contribution is -2.46. The molecule has 1 aromatic heterocycles. The molecule has 34 heavy (non-hydrogen) atoms. The number of aliphatic carboxylic acids is 1. The fourth-order valence-corrected chi connectivity index (χ4v) is 3.68. The van der Waals surface area contributed by atoms with Gasteiger partial charge in [0, 0.05) is 38.1 Å². The van der Waals surface area contributed by atoms with Gasteiger partial charge in [-0.3, -0.25) is 4.90 Å². The van der Waals surface area contributed by atoms with Crippen LogP contribution in [0.2, 0.25) is 0 Å². The molecule has 0 bridgehead atoms. The van der Waals surface area contributed by atoms with Gasteiger partial charge in [-0.2, -0.15) is 13.2 Å². The molecule has 182 valence electrons. The fraction of sp³-hybridized carbons (Fsp3) is 0.333. The van der Waals surface area contributed by atoms with E-state index in [1.807, 2.05) is 24.3 Å². The number of pyridine rings is 1. The quantitative estimate of drug-likeness (QED) is 0.590. The first-order chi connectivity index (χ1) is 16.2. The van der Waals surface area contributed by atoms with Crippen LogP contribution >= 0.6 is 0 Å². The molecule has 1 N–H and O–H groups in total. The van der Waals surface area contributed by atoms with Gasteiger partial charge in [0.1, 0.15) is 17.0 Å². The van der Waals surface area contributed by atoms with Gasteiger partial charge in [0.25, 0.3) is 0 Å². The average molecular weight is 477 g/mol. The molecule has 1 saturated heterocycles. The summed E-state index contributed by atoms with van der Waals surface area (Å²) in [6, 6.07) is 18.5. The lowest BCUT2D eigenvalue weighted by molar-refractivity contribution is -0.192. The summed E-state index contributed by atoms with van der Waals surface area (Å²) in [5, 5.41) is 8.24. The summed E-state index contributed by atoms with van der Waals surface area (Å²) in [5.41, 5.74) is 3.19. The molecule has 1 aliphatic rings. The number of hydrogen-bond acceptors (Lipinski definition) is 6. The van der Waals surface area contributed by atoms with Gasteiger partial charge < -0.3 is 19.5 Å². The van der Waals surface area contributed by atoms with Gasteiger partial charge in [0.05, 0.1) is 25.6 Å². The van der Waals surface area contributed by atoms with Gasteiger partial charge in [-0.25, -0.2) is 9.78 Å². The molecule has 0 spiro atoms. The van der Waals surface area contributed by atoms with Gasteiger partial charge in [-0.05, 0) is 24.3 Å². The maximum Gasteiger partial charge on any atom is 0.490 e. The molecule has 2 aromatic carbocycles. The van der Waals surface area contributed by atoms with Crippen molar-refractivity contribution in [1.29, 1.82) is 0 Å². The standard InChI is InChI=1S/C22H25N3O2.C2HF3O2/c1-26-20-8-4-3-7-19(20)25-14-12-24(13-15-25)16-18-11-10-17-6-5-9-21(27-2)22(17)23-18;3-2(4,5)1(6)7/h3-11H,12-16H2,1-2H3;(H,6,7). The van der Waals surface area contributed by atoms with Crippen LogP contribution in [0.5, 0.6) is 11.5 Å². The first kappa shape index (κ1) is 25.1. The van der Waals surface area contributed by atoms with Gasteiger partial charge in [-0.1, -0.05) is 30.3 Å². The summed E-state index contributed by atoms with van der Waals surface area (Å²) in [6.45, 7) is 4.83. The molecule has 3 aromatic rings. The van der Waals surface area contributed by atoms with Crippen molar-refractivity contribution in [3.8, 4) is 11.5 Å². The Hall–Kier alpha value is -3.53. The van der Waals surface area contributed by atoms with Crippen molar-refractivity contribution < 1.29 is 32.5 Å². The molecule has 0 unspecified atom stereocenters. The Morgan fingerprint density at radius 2 is 1.56 bits per heavy atom. The normalized spacial score (nSPS) is 14.3. The second kappa shape index (κ2) is 11.1. The zero-order valence-electron chi connectivity index (χ0n) is 18.9. The number of alkyl halides is 3. The third-order valence-electron chi connectivity index (χ3n) is 5.39. The molecule has 0 atom stereocenters. The van der Waals surface area contributed by atoms with E-state index >= 15 is 0 Å². The van der Waals surface area contributed by atoms with Crippen LogP contribution in [0, 0.1) is 0 Å². The summed E-state index contributed by atoms with van der Waals surface area (Å²) in [4.78, 5) is 18.6. The van der Waals surface area contributed by atoms with Crippen LogP contribution in [0.25, 0.3) is 10.9 Å². The minimum absolute atomic E-state index is 0.829. The highest BCUT2D eigenvalue weighted by Gasteiger charge is 2.38. The zero-order chi connectivity index (χ0) is 24.7. The maximum atomic E-state index is 10.6. The van der Waals surface area contributed by atoms with E-state index in [1.54, 1.807) is 14.2 Å². The largest absolute Gasteiger partial charge is 0.495 e. The Morgan fingerprint density at radius 1 is 0.941 bits per heavy atom. The fourth-order valence-electron chi connectivity index (χ4n) is 3.68. The third kappa shape index (κ3) is 6.28. The van der Waals surface area contributed by atoms with Crippen LogP contribution in [0.15, 0.2) is 54.6 Å². The second-order valence-electron chi connectivity index (χ2n) is 7.57. The van der Waals surface area contributed by atoms with Crippen molar-refractivity contribution in [1.82, 2.24) is 9.88 Å². The van der Waals surface area contributed by atoms with Gasteiger partial charge in [0.2, 0.25) is 0 Å². The number of para-hydroxylation sites is 3. The van der Waals surface area contributed by atoms with Crippen molar-refractivity contribution in [2.45, 2.75) is 12.7 Å². The van der Waals surface area contributed by atoms with Crippen molar-refractivity contribution in [2.75, 3.05) is 45.3 Å². The van der Waals surface area contributed by atoms with E-state index in [2.05, 4.69) is 40.1 Å². The number of carbonyl (C=O) groups is 1. The molecule has 0 amide bonds. The van der Waals surface area contributed by atoms with E-state index < -0.39 is 12.1 Å². The molecular weight excluding hydrogens is 451 g/mol. The number of fused-ring (bicyclic) bond motifs is 1. The SMILES string of the molecule is COc1ccccc1N1CCN(Cc2ccc3cccc(OC)c3n2)CC1.O=C(O)C(F)(F)F. The molecule has 0 aliphatic carbocycles. The first-order valence-corrected chi connectivity index (χ1v) is 10.6. The highest BCUT2D eigenvalue weighted by Crippen LogP contribution is 2.29. The second-order valence-corrected chi connectivity index (χ2v) is 7.57. The lowest BCUT2D eigenvalue weighted by Gasteiger charge is -2.36. The van der Waals surface area contributed by atoms with E-state index in [0.29, 0.717) is 0 Å². The number of ether oxygens (including phenoxy) is 2. The van der Waals surface area contributed by atoms with Gasteiger partial charge in [0.15, 0.2) is 0 Å². The zero-order valence-corrected chi connectivity index (χ0v) is 18.9. The number of aromatic nitrogens is 1. The number of benzene rings is 2. The molecule has 2 heterocycles. The monoisotopic (exact) mass is 477 g/mol. The number of carboxylic acid groups (broad SMARTS) is 1. The van der Waals surface area contributed by atoms with Crippen LogP contribution < -0.4 is 14.4 Å². The van der Waals surface area contributed by atoms with Crippen LogP contribution in [0.4, 0.5) is 18.9 Å². The molecule has 0 radical (unpaired) electrons. The number of halogens is 3. The van der Waals surface area contributed by atoms with Crippen molar-refractivity contribution in [2.24, 2.45) is 0 Å². The topological polar surface area (TPSA) is 75.1 Å². The Kier molecular flexibility index (Phi) is 8.17. The predicted molar refractivity (Wildman–Crippen MR) is 122 cm³/mol. The van der Waals surface area contributed by atoms with Gasteiger partial charge >= 0.3 is 12.1 Å². The number of carboxylic acids is 1. The van der Waals surface area contributed by atoms with Crippen LogP contribution in [-0.4, -0.2) is 67.5 Å². The van der Waals surface area contributed by atoms with Crippen molar-refractivity contribution >= 4 is 22.6 Å². The Morgan fingerprint density at radius 3 is 2.18 bits per heavy atom. The van der Waals surface area contributed by atoms with Crippen LogP contribution in [0.3, 0.4) is 0 Å². The third-order valence-corrected chi connectivity index (χ3v) is 5.39. The number of hydrogen-bond donors (Lipinski definition) is 1. The maximum absolute atomic E-state index is 10.6. The summed E-state index contributed by atoms with van der Waals surface area (Å²) >= 11 is 0. The minimum atomic E-state index is -5.08. The smallest absolute Gasteiger partial charge is 0.490 e. The number of nitrogens with zero attached hydrogens (tertiary/aromatic N) is 3. The summed E-state index contributed by atoms with van der Waals surface area (Å²) < 4.78 is 42.7. The van der Waals surface area contributed by atoms with Crippen molar-refractivity contribution in [3.05, 3.63) is 60.3 Å². The van der Waals surface area contributed by atoms with Crippen LogP contribution in [0.1, 0.15) is 5.69 Å². The lowest BCUT2D eigenvalue weighted by atomic mass is 10.1. The molecular formula is C24H26F3N3O4. The van der Waals surface area contributed by atoms with Crippen LogP contribution in [-0.2, 0) is 11.3 Å². The average Bonchev–Trinajstić information content (AvgIpc) is 2.84. The molecule has 4 rings (SSSR count). The van der Waals surface area contributed by atoms with E-state index in [-0.39, 0.29) is 0 Å². The van der Waals surface area contributed by atoms with E-state index in [9.17, 15) is 13.2 Å². The highest BCUT2D eigenvalue weighted by molar-refractivity contribution is 5.84. The summed E-state index contributed by atoms with van der Waals surface area (Å²) in [6.07, 6.45) is -5.08. The highest BCUT2D eigenvalue weighted by atomic mass is 19.4. The predicted octanol–water partition coefficient (Wildman–Crippen LogP) is 4.21. The molecule has 1 aliphatic heterocycles.